The van der Waals surface area contributed by atoms with E-state index < -0.39 is 0 Å². The van der Waals surface area contributed by atoms with E-state index in [1.165, 1.54) is 0 Å². The topological polar surface area (TPSA) is 76.3 Å². The average molecular weight is 287 g/mol. The maximum atomic E-state index is 5.49. The van der Waals surface area contributed by atoms with Crippen LogP contribution in [-0.4, -0.2) is 24.1 Å². The number of nitrogens with two attached hydrogens (primary N) is 1. The molecule has 0 spiro atoms. The Bertz CT molecular complexity index is 615. The van der Waals surface area contributed by atoms with Crippen molar-refractivity contribution >= 4 is 17.3 Å². The van der Waals surface area contributed by atoms with E-state index in [1.807, 2.05) is 56.1 Å². The number of hydrazine groups is 1. The average Bonchev–Trinajstić information content (AvgIpc) is 2.53. The number of nitrogens with one attached hydrogen (secondary N) is 1. The van der Waals surface area contributed by atoms with Crippen LogP contribution in [0.1, 0.15) is 25.6 Å². The van der Waals surface area contributed by atoms with Gasteiger partial charge in [0.2, 0.25) is 0 Å². The first kappa shape index (κ1) is 15.1. The number of hydrogen-bond acceptors (Lipinski definition) is 6. The molecule has 2 aromatic rings. The minimum Gasteiger partial charge on any atom is -0.497 e. The molecule has 0 saturated carbocycles. The molecule has 0 aliphatic rings. The van der Waals surface area contributed by atoms with E-state index >= 15 is 0 Å². The van der Waals surface area contributed by atoms with Gasteiger partial charge in [0.15, 0.2) is 0 Å². The van der Waals surface area contributed by atoms with Gasteiger partial charge in [0, 0.05) is 30.8 Å². The molecule has 1 heterocycles. The molecule has 0 radical (unpaired) electrons. The second-order valence-electron chi connectivity index (χ2n) is 5.03. The van der Waals surface area contributed by atoms with Crippen molar-refractivity contribution in [1.29, 1.82) is 0 Å². The highest BCUT2D eigenvalue weighted by Crippen LogP contribution is 2.27. The Kier molecular flexibility index (Phi) is 4.59. The van der Waals surface area contributed by atoms with Crippen LogP contribution in [0.25, 0.3) is 0 Å². The Morgan fingerprint density at radius 3 is 2.62 bits per heavy atom. The number of ether oxygens (including phenoxy) is 1. The molecule has 0 aliphatic carbocycles. The van der Waals surface area contributed by atoms with Crippen molar-refractivity contribution in [2.75, 3.05) is 24.5 Å². The van der Waals surface area contributed by atoms with Gasteiger partial charge in [0.1, 0.15) is 23.2 Å². The molecule has 0 fully saturated rings. The number of anilines is 3. The molecular weight excluding hydrogens is 266 g/mol. The monoisotopic (exact) mass is 287 g/mol. The Morgan fingerprint density at radius 1 is 1.24 bits per heavy atom. The van der Waals surface area contributed by atoms with E-state index in [-0.39, 0.29) is 5.92 Å². The highest BCUT2D eigenvalue weighted by Gasteiger charge is 2.12. The molecule has 0 bridgehead atoms. The highest BCUT2D eigenvalue weighted by atomic mass is 16.5. The zero-order valence-electron chi connectivity index (χ0n) is 12.8. The summed E-state index contributed by atoms with van der Waals surface area (Å²) in [6.07, 6.45) is 0. The summed E-state index contributed by atoms with van der Waals surface area (Å²) in [5.41, 5.74) is 3.57. The van der Waals surface area contributed by atoms with Crippen LogP contribution < -0.4 is 20.9 Å². The van der Waals surface area contributed by atoms with Gasteiger partial charge in [-0.25, -0.2) is 15.8 Å². The predicted octanol–water partition coefficient (Wildman–Crippen LogP) is 2.66. The van der Waals surface area contributed by atoms with Crippen LogP contribution in [0.15, 0.2) is 30.3 Å². The third kappa shape index (κ3) is 3.41. The van der Waals surface area contributed by atoms with Crippen molar-refractivity contribution in [2.45, 2.75) is 19.8 Å². The van der Waals surface area contributed by atoms with Gasteiger partial charge in [-0.05, 0) is 12.1 Å². The molecule has 2 rings (SSSR count). The quantitative estimate of drug-likeness (QED) is 0.650. The summed E-state index contributed by atoms with van der Waals surface area (Å²) in [5, 5.41) is 0. The van der Waals surface area contributed by atoms with E-state index in [1.54, 1.807) is 7.11 Å². The van der Waals surface area contributed by atoms with Crippen molar-refractivity contribution in [2.24, 2.45) is 5.84 Å². The second kappa shape index (κ2) is 6.41. The third-order valence-corrected chi connectivity index (χ3v) is 3.18. The van der Waals surface area contributed by atoms with Crippen LogP contribution >= 0.6 is 0 Å². The number of hydrogen-bond donors (Lipinski definition) is 2. The number of nitrogen functional groups attached to an aromatic ring is 1. The summed E-state index contributed by atoms with van der Waals surface area (Å²) in [6, 6.07) is 9.61. The summed E-state index contributed by atoms with van der Waals surface area (Å²) in [5.74, 6) is 8.63. The standard InChI is InChI=1S/C15H21N5O/c1-10(2)15-17-13(19-16)9-14(18-15)20(3)11-6-5-7-12(8-11)21-4/h5-10H,16H2,1-4H3,(H,17,18,19). The Morgan fingerprint density at radius 2 is 2.00 bits per heavy atom. The second-order valence-corrected chi connectivity index (χ2v) is 5.03. The first-order chi connectivity index (χ1) is 10.0. The summed E-state index contributed by atoms with van der Waals surface area (Å²) in [7, 11) is 3.60. The predicted molar refractivity (Wildman–Crippen MR) is 85.0 cm³/mol. The first-order valence-corrected chi connectivity index (χ1v) is 6.78. The number of benzene rings is 1. The number of aromatic nitrogens is 2. The molecule has 1 aromatic heterocycles. The third-order valence-electron chi connectivity index (χ3n) is 3.18. The summed E-state index contributed by atoms with van der Waals surface area (Å²) in [6.45, 7) is 4.09. The number of rotatable bonds is 5. The lowest BCUT2D eigenvalue weighted by Crippen LogP contribution is -2.16. The summed E-state index contributed by atoms with van der Waals surface area (Å²) < 4.78 is 5.26. The molecule has 0 unspecified atom stereocenters. The van der Waals surface area contributed by atoms with Gasteiger partial charge >= 0.3 is 0 Å². The first-order valence-electron chi connectivity index (χ1n) is 6.78. The fourth-order valence-electron chi connectivity index (χ4n) is 1.91. The van der Waals surface area contributed by atoms with Crippen LogP contribution in [0.3, 0.4) is 0 Å². The minimum absolute atomic E-state index is 0.218. The van der Waals surface area contributed by atoms with Gasteiger partial charge in [0.25, 0.3) is 0 Å². The van der Waals surface area contributed by atoms with Gasteiger partial charge in [-0.2, -0.15) is 0 Å². The molecular formula is C15H21N5O. The fraction of sp³-hybridized carbons (Fsp3) is 0.333. The molecule has 112 valence electrons. The van der Waals surface area contributed by atoms with Gasteiger partial charge in [-0.3, -0.25) is 0 Å². The fourth-order valence-corrected chi connectivity index (χ4v) is 1.91. The van der Waals surface area contributed by atoms with Crippen molar-refractivity contribution in [3.8, 4) is 5.75 Å². The zero-order valence-corrected chi connectivity index (χ0v) is 12.8. The van der Waals surface area contributed by atoms with Crippen LogP contribution in [0.2, 0.25) is 0 Å². The lowest BCUT2D eigenvalue weighted by atomic mass is 10.2. The molecule has 21 heavy (non-hydrogen) atoms. The number of methoxy groups -OCH3 is 1. The number of nitrogens with zero attached hydrogens (tertiary/aromatic N) is 3. The largest absolute Gasteiger partial charge is 0.497 e. The molecule has 6 heteroatoms. The van der Waals surface area contributed by atoms with E-state index in [0.29, 0.717) is 5.82 Å². The SMILES string of the molecule is COc1cccc(N(C)c2cc(NN)nc(C(C)C)n2)c1. The van der Waals surface area contributed by atoms with Gasteiger partial charge in [0.05, 0.1) is 7.11 Å². The minimum atomic E-state index is 0.218. The van der Waals surface area contributed by atoms with E-state index in [9.17, 15) is 0 Å². The summed E-state index contributed by atoms with van der Waals surface area (Å²) >= 11 is 0. The van der Waals surface area contributed by atoms with Gasteiger partial charge in [-0.1, -0.05) is 19.9 Å². The normalized spacial score (nSPS) is 10.6. The van der Waals surface area contributed by atoms with Crippen LogP contribution in [0.5, 0.6) is 5.75 Å². The van der Waals surface area contributed by atoms with Crippen LogP contribution in [-0.2, 0) is 0 Å². The Labute approximate surface area is 124 Å². The van der Waals surface area contributed by atoms with E-state index in [4.69, 9.17) is 10.6 Å². The Hall–Kier alpha value is -2.34. The Balaban J connectivity index is 2.41. The summed E-state index contributed by atoms with van der Waals surface area (Å²) in [4.78, 5) is 10.9. The maximum absolute atomic E-state index is 5.49. The van der Waals surface area contributed by atoms with Crippen molar-refractivity contribution in [3.05, 3.63) is 36.2 Å². The van der Waals surface area contributed by atoms with E-state index in [0.717, 1.165) is 23.1 Å². The zero-order chi connectivity index (χ0) is 15.4. The molecule has 0 aliphatic heterocycles. The molecule has 1 aromatic carbocycles. The highest BCUT2D eigenvalue weighted by molar-refractivity contribution is 5.63. The van der Waals surface area contributed by atoms with Gasteiger partial charge in [-0.15, -0.1) is 0 Å². The maximum Gasteiger partial charge on any atom is 0.145 e. The van der Waals surface area contributed by atoms with Crippen molar-refractivity contribution in [1.82, 2.24) is 9.97 Å². The lowest BCUT2D eigenvalue weighted by Gasteiger charge is -2.20. The van der Waals surface area contributed by atoms with E-state index in [2.05, 4.69) is 15.4 Å². The van der Waals surface area contributed by atoms with Crippen molar-refractivity contribution < 1.29 is 4.74 Å². The molecule has 0 amide bonds. The molecule has 0 atom stereocenters. The van der Waals surface area contributed by atoms with Gasteiger partial charge < -0.3 is 15.1 Å². The molecule has 3 N–H and O–H groups in total. The lowest BCUT2D eigenvalue weighted by molar-refractivity contribution is 0.415. The smallest absolute Gasteiger partial charge is 0.145 e. The molecule has 0 saturated heterocycles. The van der Waals surface area contributed by atoms with Crippen LogP contribution in [0, 0.1) is 0 Å². The molecule has 6 nitrogen and oxygen atoms in total. The van der Waals surface area contributed by atoms with Crippen molar-refractivity contribution in [3.63, 3.8) is 0 Å². The van der Waals surface area contributed by atoms with Crippen LogP contribution in [0.4, 0.5) is 17.3 Å².